The van der Waals surface area contributed by atoms with Crippen LogP contribution in [0.25, 0.3) is 10.8 Å². The van der Waals surface area contributed by atoms with Gasteiger partial charge in [-0.15, -0.1) is 0 Å². The van der Waals surface area contributed by atoms with Gasteiger partial charge in [0.25, 0.3) is 5.91 Å². The summed E-state index contributed by atoms with van der Waals surface area (Å²) in [6.07, 6.45) is 4.49. The Hall–Kier alpha value is -4.46. The number of hydrogen-bond acceptors (Lipinski definition) is 4. The van der Waals surface area contributed by atoms with Gasteiger partial charge >= 0.3 is 11.8 Å². The monoisotopic (exact) mass is 498 g/mol. The zero-order chi connectivity index (χ0) is 26.4. The van der Waals surface area contributed by atoms with Crippen LogP contribution in [0.3, 0.4) is 0 Å². The van der Waals surface area contributed by atoms with Crippen molar-refractivity contribution >= 4 is 34.4 Å². The number of likely N-dealkylation sites (N-methyl/N-ethyl adjacent to an activating group) is 1. The average Bonchev–Trinajstić information content (AvgIpc) is 3.69. The quantitative estimate of drug-likeness (QED) is 0.328. The molecule has 0 bridgehead atoms. The van der Waals surface area contributed by atoms with Crippen molar-refractivity contribution < 1.29 is 19.2 Å². The SMILES string of the molecule is CN(C)C(=O)/C=C/CNC(=O)C(=O)NCc1ccccc1C(=O)NC1(c2ccc3ccccc3c2)CC1. The molecule has 1 aliphatic rings. The molecule has 0 radical (unpaired) electrons. The molecule has 1 saturated carbocycles. The summed E-state index contributed by atoms with van der Waals surface area (Å²) in [4.78, 5) is 50.5. The lowest BCUT2D eigenvalue weighted by Crippen LogP contribution is -2.40. The molecule has 8 heteroatoms. The Morgan fingerprint density at radius 2 is 1.54 bits per heavy atom. The molecule has 0 aliphatic heterocycles. The molecule has 190 valence electrons. The van der Waals surface area contributed by atoms with Gasteiger partial charge in [0.1, 0.15) is 0 Å². The molecular weight excluding hydrogens is 468 g/mol. The molecule has 3 N–H and O–H groups in total. The smallest absolute Gasteiger partial charge is 0.309 e. The van der Waals surface area contributed by atoms with Crippen LogP contribution in [0.2, 0.25) is 0 Å². The van der Waals surface area contributed by atoms with Gasteiger partial charge in [0.15, 0.2) is 0 Å². The highest BCUT2D eigenvalue weighted by Crippen LogP contribution is 2.46. The zero-order valence-electron chi connectivity index (χ0n) is 20.9. The van der Waals surface area contributed by atoms with Crippen LogP contribution in [-0.4, -0.2) is 49.2 Å². The second-order valence-electron chi connectivity index (χ2n) is 9.28. The van der Waals surface area contributed by atoms with E-state index in [1.807, 2.05) is 12.1 Å². The fraction of sp³-hybridized carbons (Fsp3) is 0.241. The lowest BCUT2D eigenvalue weighted by Gasteiger charge is -2.20. The molecule has 0 spiro atoms. The molecule has 37 heavy (non-hydrogen) atoms. The maximum absolute atomic E-state index is 13.3. The number of rotatable bonds is 8. The summed E-state index contributed by atoms with van der Waals surface area (Å²) < 4.78 is 0. The van der Waals surface area contributed by atoms with E-state index in [1.54, 1.807) is 38.4 Å². The molecule has 0 aromatic heterocycles. The molecule has 1 fully saturated rings. The number of fused-ring (bicyclic) bond motifs is 1. The van der Waals surface area contributed by atoms with Crippen LogP contribution in [0, 0.1) is 0 Å². The number of nitrogens with one attached hydrogen (secondary N) is 3. The molecule has 1 aliphatic carbocycles. The first kappa shape index (κ1) is 25.6. The van der Waals surface area contributed by atoms with Gasteiger partial charge in [0.05, 0.1) is 5.54 Å². The molecule has 3 aromatic rings. The second-order valence-corrected chi connectivity index (χ2v) is 9.28. The maximum atomic E-state index is 13.3. The first-order valence-corrected chi connectivity index (χ1v) is 12.1. The fourth-order valence-corrected chi connectivity index (χ4v) is 4.07. The standard InChI is InChI=1S/C29H30N4O4/c1-33(2)25(34)12-7-17-30-27(36)28(37)31-19-22-10-5-6-11-24(22)26(35)32-29(15-16-29)23-14-13-20-8-3-4-9-21(20)18-23/h3-14,18H,15-17,19H2,1-2H3,(H,30,36)(H,31,37)(H,32,35)/b12-7+. The van der Waals surface area contributed by atoms with Crippen molar-refractivity contribution in [3.63, 3.8) is 0 Å². The van der Waals surface area contributed by atoms with Crippen LogP contribution < -0.4 is 16.0 Å². The highest BCUT2D eigenvalue weighted by atomic mass is 16.2. The summed E-state index contributed by atoms with van der Waals surface area (Å²) in [7, 11) is 3.23. The maximum Gasteiger partial charge on any atom is 0.309 e. The first-order valence-electron chi connectivity index (χ1n) is 12.1. The van der Waals surface area contributed by atoms with Gasteiger partial charge in [-0.25, -0.2) is 0 Å². The summed E-state index contributed by atoms with van der Waals surface area (Å²) >= 11 is 0. The van der Waals surface area contributed by atoms with E-state index in [2.05, 4.69) is 46.3 Å². The first-order chi connectivity index (χ1) is 17.8. The van der Waals surface area contributed by atoms with Crippen molar-refractivity contribution in [1.82, 2.24) is 20.9 Å². The summed E-state index contributed by atoms with van der Waals surface area (Å²) in [5.74, 6) is -2.09. The Kier molecular flexibility index (Phi) is 7.67. The summed E-state index contributed by atoms with van der Waals surface area (Å²) in [5, 5.41) is 10.5. The Balaban J connectivity index is 1.36. The molecule has 0 heterocycles. The molecule has 0 unspecified atom stereocenters. The Labute approximate surface area is 215 Å². The van der Waals surface area contributed by atoms with E-state index in [0.717, 1.165) is 29.2 Å². The largest absolute Gasteiger partial charge is 0.345 e. The molecule has 0 atom stereocenters. The number of hydrogen-bond donors (Lipinski definition) is 3. The summed E-state index contributed by atoms with van der Waals surface area (Å²) in [6.45, 7) is 0.0649. The van der Waals surface area contributed by atoms with Gasteiger partial charge in [-0.3, -0.25) is 19.2 Å². The third kappa shape index (κ3) is 6.22. The lowest BCUT2D eigenvalue weighted by molar-refractivity contribution is -0.139. The van der Waals surface area contributed by atoms with Crippen LogP contribution in [0.15, 0.2) is 78.9 Å². The highest BCUT2D eigenvalue weighted by Gasteiger charge is 2.46. The third-order valence-electron chi connectivity index (χ3n) is 6.39. The van der Waals surface area contributed by atoms with Crippen molar-refractivity contribution in [1.29, 1.82) is 0 Å². The Morgan fingerprint density at radius 1 is 0.865 bits per heavy atom. The van der Waals surface area contributed by atoms with Crippen LogP contribution >= 0.6 is 0 Å². The topological polar surface area (TPSA) is 108 Å². The van der Waals surface area contributed by atoms with Crippen LogP contribution in [0.1, 0.15) is 34.3 Å². The van der Waals surface area contributed by atoms with Crippen molar-refractivity contribution in [3.05, 3.63) is 95.6 Å². The molecule has 8 nitrogen and oxygen atoms in total. The zero-order valence-corrected chi connectivity index (χ0v) is 20.9. The number of carbonyl (C=O) groups excluding carboxylic acids is 4. The van der Waals surface area contributed by atoms with Crippen molar-refractivity contribution in [2.24, 2.45) is 0 Å². The third-order valence-corrected chi connectivity index (χ3v) is 6.39. The van der Waals surface area contributed by atoms with E-state index in [-0.39, 0.29) is 24.9 Å². The van der Waals surface area contributed by atoms with Gasteiger partial charge < -0.3 is 20.9 Å². The number of nitrogens with zero attached hydrogens (tertiary/aromatic N) is 1. The minimum absolute atomic E-state index is 0.0216. The van der Waals surface area contributed by atoms with Gasteiger partial charge in [0, 0.05) is 38.8 Å². The van der Waals surface area contributed by atoms with E-state index < -0.39 is 17.4 Å². The van der Waals surface area contributed by atoms with E-state index in [0.29, 0.717) is 11.1 Å². The Morgan fingerprint density at radius 3 is 2.27 bits per heavy atom. The summed E-state index contributed by atoms with van der Waals surface area (Å²) in [5.41, 5.74) is 1.72. The van der Waals surface area contributed by atoms with Crippen LogP contribution in [-0.2, 0) is 26.5 Å². The average molecular weight is 499 g/mol. The second kappa shape index (κ2) is 11.1. The van der Waals surface area contributed by atoms with Crippen molar-refractivity contribution in [2.75, 3.05) is 20.6 Å². The van der Waals surface area contributed by atoms with Crippen LogP contribution in [0.5, 0.6) is 0 Å². The molecule has 0 saturated heterocycles. The Bertz CT molecular complexity index is 1380. The van der Waals surface area contributed by atoms with Crippen molar-refractivity contribution in [2.45, 2.75) is 24.9 Å². The number of amides is 4. The van der Waals surface area contributed by atoms with Gasteiger partial charge in [-0.1, -0.05) is 60.7 Å². The molecular formula is C29H30N4O4. The van der Waals surface area contributed by atoms with Gasteiger partial charge in [-0.2, -0.15) is 0 Å². The van der Waals surface area contributed by atoms with Gasteiger partial charge in [-0.05, 0) is 46.9 Å². The predicted molar refractivity (Wildman–Crippen MR) is 141 cm³/mol. The molecule has 4 amide bonds. The normalized spacial score (nSPS) is 13.7. The van der Waals surface area contributed by atoms with E-state index in [9.17, 15) is 19.2 Å². The molecule has 3 aromatic carbocycles. The van der Waals surface area contributed by atoms with Crippen LogP contribution in [0.4, 0.5) is 0 Å². The summed E-state index contributed by atoms with van der Waals surface area (Å²) in [6, 6.07) is 21.4. The van der Waals surface area contributed by atoms with Crippen molar-refractivity contribution in [3.8, 4) is 0 Å². The lowest BCUT2D eigenvalue weighted by atomic mass is 9.99. The minimum atomic E-state index is -0.822. The number of carbonyl (C=O) groups is 4. The highest BCUT2D eigenvalue weighted by molar-refractivity contribution is 6.35. The number of benzene rings is 3. The van der Waals surface area contributed by atoms with E-state index in [1.165, 1.54) is 17.1 Å². The molecule has 4 rings (SSSR count). The minimum Gasteiger partial charge on any atom is -0.345 e. The fourth-order valence-electron chi connectivity index (χ4n) is 4.07. The predicted octanol–water partition coefficient (Wildman–Crippen LogP) is 2.64. The van der Waals surface area contributed by atoms with E-state index in [4.69, 9.17) is 0 Å². The van der Waals surface area contributed by atoms with E-state index >= 15 is 0 Å². The van der Waals surface area contributed by atoms with Gasteiger partial charge in [0.2, 0.25) is 5.91 Å².